The van der Waals surface area contributed by atoms with E-state index in [9.17, 15) is 4.79 Å². The first kappa shape index (κ1) is 19.5. The van der Waals surface area contributed by atoms with Gasteiger partial charge in [-0.25, -0.2) is 9.97 Å². The standard InChI is InChI=1S/C27H23N5O/c33-27(28-16-25-29-23-11-5-6-12-24(23)30-25)21-15-26(31-22-10-4-3-9-20(21)22)32-14-13-18-7-1-2-8-19(18)17-32/h1-12,15H,13-14,16-17H2,(H,28,33)(H,29,30). The van der Waals surface area contributed by atoms with Gasteiger partial charge in [-0.05, 0) is 41.8 Å². The number of aromatic nitrogens is 3. The summed E-state index contributed by atoms with van der Waals surface area (Å²) < 4.78 is 0. The van der Waals surface area contributed by atoms with E-state index in [-0.39, 0.29) is 5.91 Å². The van der Waals surface area contributed by atoms with Crippen LogP contribution in [0.4, 0.5) is 5.82 Å². The van der Waals surface area contributed by atoms with Crippen molar-refractivity contribution < 1.29 is 4.79 Å². The van der Waals surface area contributed by atoms with Crippen molar-refractivity contribution in [1.82, 2.24) is 20.3 Å². The minimum absolute atomic E-state index is 0.132. The molecule has 3 heterocycles. The number of anilines is 1. The van der Waals surface area contributed by atoms with Gasteiger partial charge in [0.1, 0.15) is 11.6 Å². The topological polar surface area (TPSA) is 73.9 Å². The normalized spacial score (nSPS) is 13.3. The van der Waals surface area contributed by atoms with E-state index in [1.165, 1.54) is 11.1 Å². The lowest BCUT2D eigenvalue weighted by Gasteiger charge is -2.30. The average molecular weight is 434 g/mol. The number of carbonyl (C=O) groups is 1. The lowest BCUT2D eigenvalue weighted by Crippen LogP contribution is -2.31. The quantitative estimate of drug-likeness (QED) is 0.434. The molecule has 1 amide bonds. The number of nitrogens with one attached hydrogen (secondary N) is 2. The Kier molecular flexibility index (Phi) is 4.76. The van der Waals surface area contributed by atoms with Gasteiger partial charge in [0, 0.05) is 18.5 Å². The summed E-state index contributed by atoms with van der Waals surface area (Å²) in [6.07, 6.45) is 0.970. The minimum atomic E-state index is -0.132. The SMILES string of the molecule is O=C(NCc1nc2ccccc2[nH]1)c1cc(N2CCc3ccccc3C2)nc2ccccc12. The molecule has 6 heteroatoms. The molecule has 2 N–H and O–H groups in total. The van der Waals surface area contributed by atoms with E-state index < -0.39 is 0 Å². The number of amides is 1. The van der Waals surface area contributed by atoms with E-state index in [0.29, 0.717) is 12.1 Å². The van der Waals surface area contributed by atoms with Gasteiger partial charge in [-0.3, -0.25) is 4.79 Å². The smallest absolute Gasteiger partial charge is 0.252 e. The van der Waals surface area contributed by atoms with E-state index in [0.717, 1.165) is 53.1 Å². The molecule has 1 aliphatic rings. The highest BCUT2D eigenvalue weighted by Crippen LogP contribution is 2.27. The van der Waals surface area contributed by atoms with E-state index >= 15 is 0 Å². The first-order chi connectivity index (χ1) is 16.2. The number of imidazole rings is 1. The number of benzene rings is 3. The molecule has 5 aromatic rings. The molecule has 0 spiro atoms. The molecule has 162 valence electrons. The van der Waals surface area contributed by atoms with Crippen LogP contribution in [0.2, 0.25) is 0 Å². The summed E-state index contributed by atoms with van der Waals surface area (Å²) in [5.74, 6) is 1.43. The van der Waals surface area contributed by atoms with Crippen molar-refractivity contribution in [2.75, 3.05) is 11.4 Å². The number of rotatable bonds is 4. The predicted molar refractivity (Wildman–Crippen MR) is 130 cm³/mol. The highest BCUT2D eigenvalue weighted by molar-refractivity contribution is 6.07. The van der Waals surface area contributed by atoms with Crippen molar-refractivity contribution in [3.63, 3.8) is 0 Å². The Hall–Kier alpha value is -4.19. The van der Waals surface area contributed by atoms with Gasteiger partial charge in [-0.1, -0.05) is 54.6 Å². The summed E-state index contributed by atoms with van der Waals surface area (Å²) in [6.45, 7) is 2.00. The highest BCUT2D eigenvalue weighted by Gasteiger charge is 2.20. The number of hydrogen-bond donors (Lipinski definition) is 2. The Bertz CT molecular complexity index is 1460. The number of pyridine rings is 1. The fourth-order valence-corrected chi connectivity index (χ4v) is 4.55. The van der Waals surface area contributed by atoms with Crippen LogP contribution in [-0.4, -0.2) is 27.4 Å². The van der Waals surface area contributed by atoms with Gasteiger partial charge in [0.25, 0.3) is 5.91 Å². The number of carbonyl (C=O) groups excluding carboxylic acids is 1. The van der Waals surface area contributed by atoms with Crippen LogP contribution < -0.4 is 10.2 Å². The fourth-order valence-electron chi connectivity index (χ4n) is 4.55. The lowest BCUT2D eigenvalue weighted by atomic mass is 9.99. The molecule has 0 saturated heterocycles. The predicted octanol–water partition coefficient (Wildman–Crippen LogP) is 4.60. The average Bonchev–Trinajstić information content (AvgIpc) is 3.29. The molecule has 33 heavy (non-hydrogen) atoms. The number of H-pyrrole nitrogens is 1. The molecule has 0 fully saturated rings. The maximum absolute atomic E-state index is 13.3. The van der Waals surface area contributed by atoms with Gasteiger partial charge in [0.15, 0.2) is 0 Å². The zero-order valence-electron chi connectivity index (χ0n) is 18.1. The van der Waals surface area contributed by atoms with Crippen LogP contribution in [0, 0.1) is 0 Å². The second-order valence-corrected chi connectivity index (χ2v) is 8.37. The van der Waals surface area contributed by atoms with E-state index in [1.807, 2.05) is 54.6 Å². The van der Waals surface area contributed by atoms with Gasteiger partial charge in [0.2, 0.25) is 0 Å². The Labute approximate surface area is 191 Å². The summed E-state index contributed by atoms with van der Waals surface area (Å²) in [5, 5.41) is 3.88. The van der Waals surface area contributed by atoms with Crippen molar-refractivity contribution in [2.45, 2.75) is 19.5 Å². The van der Waals surface area contributed by atoms with Gasteiger partial charge in [0.05, 0.1) is 28.7 Å². The molecule has 3 aromatic carbocycles. The molecule has 6 nitrogen and oxygen atoms in total. The summed E-state index contributed by atoms with van der Waals surface area (Å²) in [4.78, 5) is 28.3. The molecule has 2 aromatic heterocycles. The molecule has 0 saturated carbocycles. The molecular weight excluding hydrogens is 410 g/mol. The first-order valence-electron chi connectivity index (χ1n) is 11.2. The third kappa shape index (κ3) is 3.69. The molecule has 0 bridgehead atoms. The highest BCUT2D eigenvalue weighted by atomic mass is 16.1. The van der Waals surface area contributed by atoms with Crippen molar-refractivity contribution in [3.8, 4) is 0 Å². The molecular formula is C27H23N5O. The number of nitrogens with zero attached hydrogens (tertiary/aromatic N) is 3. The van der Waals surface area contributed by atoms with Gasteiger partial charge >= 0.3 is 0 Å². The second kappa shape index (κ2) is 8.06. The molecule has 0 atom stereocenters. The van der Waals surface area contributed by atoms with Crippen LogP contribution in [0.25, 0.3) is 21.9 Å². The molecule has 1 aliphatic heterocycles. The van der Waals surface area contributed by atoms with Crippen LogP contribution in [0.3, 0.4) is 0 Å². The van der Waals surface area contributed by atoms with Crippen LogP contribution in [0.15, 0.2) is 78.9 Å². The van der Waals surface area contributed by atoms with Crippen molar-refractivity contribution in [1.29, 1.82) is 0 Å². The zero-order valence-corrected chi connectivity index (χ0v) is 18.1. The maximum atomic E-state index is 13.3. The molecule has 0 unspecified atom stereocenters. The summed E-state index contributed by atoms with van der Waals surface area (Å²) in [6, 6.07) is 26.1. The number of aromatic amines is 1. The second-order valence-electron chi connectivity index (χ2n) is 8.37. The van der Waals surface area contributed by atoms with E-state index in [1.54, 1.807) is 0 Å². The summed E-state index contributed by atoms with van der Waals surface area (Å²) in [5.41, 5.74) is 6.01. The van der Waals surface area contributed by atoms with Crippen molar-refractivity contribution in [3.05, 3.63) is 101 Å². The fraction of sp³-hybridized carbons (Fsp3) is 0.148. The Morgan fingerprint density at radius 2 is 1.67 bits per heavy atom. The Morgan fingerprint density at radius 3 is 2.55 bits per heavy atom. The van der Waals surface area contributed by atoms with Gasteiger partial charge in [-0.15, -0.1) is 0 Å². The first-order valence-corrected chi connectivity index (χ1v) is 11.2. The van der Waals surface area contributed by atoms with Gasteiger partial charge < -0.3 is 15.2 Å². The van der Waals surface area contributed by atoms with Gasteiger partial charge in [-0.2, -0.15) is 0 Å². The molecule has 6 rings (SSSR count). The maximum Gasteiger partial charge on any atom is 0.252 e. The molecule has 0 radical (unpaired) electrons. The summed E-state index contributed by atoms with van der Waals surface area (Å²) >= 11 is 0. The lowest BCUT2D eigenvalue weighted by molar-refractivity contribution is 0.0951. The number of hydrogen-bond acceptors (Lipinski definition) is 4. The summed E-state index contributed by atoms with van der Waals surface area (Å²) in [7, 11) is 0. The Balaban J connectivity index is 1.30. The number of fused-ring (bicyclic) bond motifs is 3. The Morgan fingerprint density at radius 1 is 0.909 bits per heavy atom. The van der Waals surface area contributed by atoms with Crippen LogP contribution in [0.1, 0.15) is 27.3 Å². The minimum Gasteiger partial charge on any atom is -0.352 e. The van der Waals surface area contributed by atoms with Crippen LogP contribution in [-0.2, 0) is 19.5 Å². The van der Waals surface area contributed by atoms with E-state index in [4.69, 9.17) is 4.98 Å². The zero-order chi connectivity index (χ0) is 22.2. The van der Waals surface area contributed by atoms with Crippen molar-refractivity contribution in [2.24, 2.45) is 0 Å². The van der Waals surface area contributed by atoms with Crippen molar-refractivity contribution >= 4 is 33.7 Å². The number of para-hydroxylation sites is 3. The van der Waals surface area contributed by atoms with E-state index in [2.05, 4.69) is 44.5 Å². The third-order valence-corrected chi connectivity index (χ3v) is 6.26. The van der Waals surface area contributed by atoms with Crippen LogP contribution >= 0.6 is 0 Å². The van der Waals surface area contributed by atoms with Crippen LogP contribution in [0.5, 0.6) is 0 Å². The molecule has 0 aliphatic carbocycles. The largest absolute Gasteiger partial charge is 0.352 e. The third-order valence-electron chi connectivity index (χ3n) is 6.26. The monoisotopic (exact) mass is 433 g/mol.